The third-order valence-corrected chi connectivity index (χ3v) is 4.12. The predicted octanol–water partition coefficient (Wildman–Crippen LogP) is 3.14. The molecule has 1 fully saturated rings. The quantitative estimate of drug-likeness (QED) is 0.879. The Bertz CT molecular complexity index is 585. The minimum atomic E-state index is 0.199. The van der Waals surface area contributed by atoms with E-state index in [2.05, 4.69) is 24.1 Å². The van der Waals surface area contributed by atoms with Gasteiger partial charge in [-0.25, -0.2) is 0 Å². The van der Waals surface area contributed by atoms with Gasteiger partial charge in [0.2, 0.25) is 0 Å². The summed E-state index contributed by atoms with van der Waals surface area (Å²) in [5.41, 5.74) is 8.03. The molecule has 1 saturated heterocycles. The first-order chi connectivity index (χ1) is 10.2. The Kier molecular flexibility index (Phi) is 4.11. The number of anilines is 1. The van der Waals surface area contributed by atoms with Crippen molar-refractivity contribution in [2.45, 2.75) is 18.4 Å². The Hall–Kier alpha value is -2.00. The van der Waals surface area contributed by atoms with E-state index < -0.39 is 0 Å². The van der Waals surface area contributed by atoms with Gasteiger partial charge in [0.15, 0.2) is 0 Å². The monoisotopic (exact) mass is 282 g/mol. The van der Waals surface area contributed by atoms with Crippen molar-refractivity contribution in [3.63, 3.8) is 0 Å². The minimum absolute atomic E-state index is 0.199. The number of para-hydroxylation sites is 1. The zero-order chi connectivity index (χ0) is 14.7. The zero-order valence-electron chi connectivity index (χ0n) is 12.4. The first kappa shape index (κ1) is 14.0. The lowest BCUT2D eigenvalue weighted by atomic mass is 9.87. The van der Waals surface area contributed by atoms with Crippen LogP contribution in [0, 0.1) is 0 Å². The van der Waals surface area contributed by atoms with Crippen LogP contribution in [0.15, 0.2) is 54.6 Å². The summed E-state index contributed by atoms with van der Waals surface area (Å²) >= 11 is 0. The van der Waals surface area contributed by atoms with Crippen LogP contribution in [0.3, 0.4) is 0 Å². The maximum absolute atomic E-state index is 6.24. The molecule has 2 aromatic rings. The fourth-order valence-electron chi connectivity index (χ4n) is 3.02. The number of piperidine rings is 1. The lowest BCUT2D eigenvalue weighted by Crippen LogP contribution is -2.42. The molecular formula is C18H22N2O. The van der Waals surface area contributed by atoms with Crippen molar-refractivity contribution in [3.8, 4) is 5.75 Å². The largest absolute Gasteiger partial charge is 0.490 e. The van der Waals surface area contributed by atoms with Gasteiger partial charge < -0.3 is 15.4 Å². The molecule has 1 aliphatic rings. The molecule has 1 aliphatic heterocycles. The van der Waals surface area contributed by atoms with Crippen molar-refractivity contribution >= 4 is 5.69 Å². The lowest BCUT2D eigenvalue weighted by molar-refractivity contribution is 0.0902. The van der Waals surface area contributed by atoms with Crippen LogP contribution in [-0.2, 0) is 0 Å². The fourth-order valence-corrected chi connectivity index (χ4v) is 3.02. The Morgan fingerprint density at radius 3 is 2.67 bits per heavy atom. The van der Waals surface area contributed by atoms with Crippen molar-refractivity contribution < 1.29 is 4.74 Å². The molecule has 2 aromatic carbocycles. The number of ether oxygens (including phenoxy) is 1. The Balaban J connectivity index is 1.83. The second-order valence-electron chi connectivity index (χ2n) is 5.80. The second-order valence-corrected chi connectivity index (χ2v) is 5.80. The van der Waals surface area contributed by atoms with Gasteiger partial charge in [-0.1, -0.05) is 30.3 Å². The molecule has 0 bridgehead atoms. The number of hydrogen-bond donors (Lipinski definition) is 1. The number of nitrogen functional groups attached to an aromatic ring is 1. The molecule has 2 N–H and O–H groups in total. The van der Waals surface area contributed by atoms with E-state index >= 15 is 0 Å². The van der Waals surface area contributed by atoms with E-state index in [0.29, 0.717) is 5.92 Å². The molecule has 0 amide bonds. The lowest BCUT2D eigenvalue weighted by Gasteiger charge is -2.37. The number of rotatable bonds is 3. The molecule has 3 nitrogen and oxygen atoms in total. The number of hydrogen-bond acceptors (Lipinski definition) is 3. The molecule has 21 heavy (non-hydrogen) atoms. The van der Waals surface area contributed by atoms with Gasteiger partial charge in [0, 0.05) is 24.7 Å². The Labute approximate surface area is 126 Å². The summed E-state index contributed by atoms with van der Waals surface area (Å²) in [5.74, 6) is 1.30. The van der Waals surface area contributed by atoms with E-state index in [1.165, 1.54) is 5.56 Å². The molecule has 0 unspecified atom stereocenters. The highest BCUT2D eigenvalue weighted by molar-refractivity contribution is 5.42. The molecule has 3 rings (SSSR count). The van der Waals surface area contributed by atoms with Crippen LogP contribution in [0.2, 0.25) is 0 Å². The third kappa shape index (κ3) is 3.37. The summed E-state index contributed by atoms with van der Waals surface area (Å²) < 4.78 is 6.24. The SMILES string of the molecule is CN1CC[C@@H](Oc2ccccc2)[C@H](c2cccc(N)c2)C1. The maximum atomic E-state index is 6.24. The van der Waals surface area contributed by atoms with E-state index in [1.54, 1.807) is 0 Å². The predicted molar refractivity (Wildman–Crippen MR) is 86.6 cm³/mol. The van der Waals surface area contributed by atoms with Crippen LogP contribution in [0.4, 0.5) is 5.69 Å². The van der Waals surface area contributed by atoms with Gasteiger partial charge in [0.05, 0.1) is 0 Å². The topological polar surface area (TPSA) is 38.5 Å². The first-order valence-corrected chi connectivity index (χ1v) is 7.48. The minimum Gasteiger partial charge on any atom is -0.490 e. The Morgan fingerprint density at radius 1 is 1.10 bits per heavy atom. The molecule has 3 heteroatoms. The molecule has 0 saturated carbocycles. The van der Waals surface area contributed by atoms with E-state index in [9.17, 15) is 0 Å². The molecule has 0 aliphatic carbocycles. The highest BCUT2D eigenvalue weighted by atomic mass is 16.5. The molecule has 2 atom stereocenters. The van der Waals surface area contributed by atoms with Crippen molar-refractivity contribution in [1.82, 2.24) is 4.90 Å². The van der Waals surface area contributed by atoms with E-state index in [-0.39, 0.29) is 6.10 Å². The summed E-state index contributed by atoms with van der Waals surface area (Å²) in [6, 6.07) is 18.3. The standard InChI is InChI=1S/C18H22N2O/c1-20-11-10-18(21-16-8-3-2-4-9-16)17(13-20)14-6-5-7-15(19)12-14/h2-9,12,17-18H,10-11,13,19H2,1H3/t17-,18+/m0/s1. The van der Waals surface area contributed by atoms with Crippen molar-refractivity contribution in [2.75, 3.05) is 25.9 Å². The van der Waals surface area contributed by atoms with Crippen molar-refractivity contribution in [3.05, 3.63) is 60.2 Å². The number of likely N-dealkylation sites (tertiary alicyclic amines) is 1. The summed E-state index contributed by atoms with van der Waals surface area (Å²) in [5, 5.41) is 0. The van der Waals surface area contributed by atoms with Crippen LogP contribution in [0.25, 0.3) is 0 Å². The summed E-state index contributed by atoms with van der Waals surface area (Å²) in [6.45, 7) is 2.07. The average Bonchev–Trinajstić information content (AvgIpc) is 2.50. The van der Waals surface area contributed by atoms with Gasteiger partial charge in [0.25, 0.3) is 0 Å². The van der Waals surface area contributed by atoms with E-state index in [4.69, 9.17) is 10.5 Å². The maximum Gasteiger partial charge on any atom is 0.119 e. The number of nitrogens with zero attached hydrogens (tertiary/aromatic N) is 1. The molecule has 1 heterocycles. The van der Waals surface area contributed by atoms with Gasteiger partial charge in [-0.2, -0.15) is 0 Å². The summed E-state index contributed by atoms with van der Waals surface area (Å²) in [6.07, 6.45) is 1.23. The number of likely N-dealkylation sites (N-methyl/N-ethyl adjacent to an activating group) is 1. The third-order valence-electron chi connectivity index (χ3n) is 4.12. The van der Waals surface area contributed by atoms with Crippen molar-refractivity contribution in [1.29, 1.82) is 0 Å². The average molecular weight is 282 g/mol. The van der Waals surface area contributed by atoms with Gasteiger partial charge in [-0.3, -0.25) is 0 Å². The van der Waals surface area contributed by atoms with Gasteiger partial charge in [-0.05, 0) is 43.3 Å². The van der Waals surface area contributed by atoms with Crippen LogP contribution >= 0.6 is 0 Å². The van der Waals surface area contributed by atoms with Crippen LogP contribution in [0.1, 0.15) is 17.9 Å². The Morgan fingerprint density at radius 2 is 1.90 bits per heavy atom. The smallest absolute Gasteiger partial charge is 0.119 e. The highest BCUT2D eigenvalue weighted by Crippen LogP contribution is 2.31. The normalized spacial score (nSPS) is 22.9. The van der Waals surface area contributed by atoms with Gasteiger partial charge >= 0.3 is 0 Å². The molecule has 0 radical (unpaired) electrons. The summed E-state index contributed by atoms with van der Waals surface area (Å²) in [4.78, 5) is 2.36. The van der Waals surface area contributed by atoms with Crippen LogP contribution in [0.5, 0.6) is 5.75 Å². The zero-order valence-corrected chi connectivity index (χ0v) is 12.4. The number of nitrogens with two attached hydrogens (primary N) is 1. The second kappa shape index (κ2) is 6.19. The van der Waals surface area contributed by atoms with Gasteiger partial charge in [-0.15, -0.1) is 0 Å². The van der Waals surface area contributed by atoms with Crippen LogP contribution in [-0.4, -0.2) is 31.1 Å². The van der Waals surface area contributed by atoms with Crippen LogP contribution < -0.4 is 10.5 Å². The molecular weight excluding hydrogens is 260 g/mol. The fraction of sp³-hybridized carbons (Fsp3) is 0.333. The molecule has 0 spiro atoms. The molecule has 0 aromatic heterocycles. The van der Waals surface area contributed by atoms with Gasteiger partial charge in [0.1, 0.15) is 11.9 Å². The summed E-state index contributed by atoms with van der Waals surface area (Å²) in [7, 11) is 2.16. The van der Waals surface area contributed by atoms with E-state index in [1.807, 2.05) is 42.5 Å². The highest BCUT2D eigenvalue weighted by Gasteiger charge is 2.30. The first-order valence-electron chi connectivity index (χ1n) is 7.48. The van der Waals surface area contributed by atoms with E-state index in [0.717, 1.165) is 30.9 Å². The molecule has 110 valence electrons. The van der Waals surface area contributed by atoms with Crippen molar-refractivity contribution in [2.24, 2.45) is 0 Å². The number of benzene rings is 2.